The van der Waals surface area contributed by atoms with Crippen molar-refractivity contribution in [3.05, 3.63) is 83.4 Å². The number of allylic oxidation sites excluding steroid dienone is 2. The number of hydrogen-bond acceptors (Lipinski definition) is 4. The molecule has 0 aromatic heterocycles. The van der Waals surface area contributed by atoms with Crippen molar-refractivity contribution in [3.8, 4) is 0 Å². The average Bonchev–Trinajstić information content (AvgIpc) is 3.04. The lowest BCUT2D eigenvalue weighted by atomic mass is 9.85. The second-order valence-electron chi connectivity index (χ2n) is 7.99. The number of nitrogens with one attached hydrogen (secondary N) is 1. The van der Waals surface area contributed by atoms with Gasteiger partial charge in [0.15, 0.2) is 0 Å². The topological polar surface area (TPSA) is 75.7 Å². The average molecular weight is 418 g/mol. The van der Waals surface area contributed by atoms with Crippen LogP contribution in [0.5, 0.6) is 0 Å². The van der Waals surface area contributed by atoms with E-state index in [2.05, 4.69) is 5.32 Å². The minimum absolute atomic E-state index is 0.218. The molecule has 2 aromatic rings. The molecule has 0 radical (unpaired) electrons. The highest BCUT2D eigenvalue weighted by atomic mass is 16.5. The Balaban J connectivity index is 1.25. The number of nitrogens with zero attached hydrogens (tertiary/aromatic N) is 1. The van der Waals surface area contributed by atoms with E-state index >= 15 is 0 Å². The summed E-state index contributed by atoms with van der Waals surface area (Å²) in [7, 11) is 0. The van der Waals surface area contributed by atoms with Crippen molar-refractivity contribution in [1.82, 2.24) is 10.2 Å². The van der Waals surface area contributed by atoms with Gasteiger partial charge >= 0.3 is 0 Å². The molecule has 1 aliphatic carbocycles. The molecule has 31 heavy (non-hydrogen) atoms. The monoisotopic (exact) mass is 418 g/mol. The Morgan fingerprint density at radius 2 is 1.48 bits per heavy atom. The lowest BCUT2D eigenvalue weighted by molar-refractivity contribution is -0.143. The number of imide groups is 1. The Hall–Kier alpha value is -3.25. The zero-order valence-electron chi connectivity index (χ0n) is 17.3. The SMILES string of the molecule is O=C(CN1C(=O)[C@H]2CC=CC[C@H]2C1=O)NCc1cccc(COCc2ccccc2)c1. The fourth-order valence-corrected chi connectivity index (χ4v) is 4.12. The normalized spacial score (nSPS) is 20.1. The van der Waals surface area contributed by atoms with Crippen LogP contribution >= 0.6 is 0 Å². The molecule has 2 atom stereocenters. The van der Waals surface area contributed by atoms with Crippen molar-refractivity contribution < 1.29 is 19.1 Å². The lowest BCUT2D eigenvalue weighted by Crippen LogP contribution is -2.40. The van der Waals surface area contributed by atoms with Gasteiger partial charge in [-0.3, -0.25) is 19.3 Å². The molecule has 4 rings (SSSR count). The van der Waals surface area contributed by atoms with E-state index in [0.29, 0.717) is 32.6 Å². The summed E-state index contributed by atoms with van der Waals surface area (Å²) < 4.78 is 5.77. The van der Waals surface area contributed by atoms with Gasteiger partial charge in [0, 0.05) is 6.54 Å². The summed E-state index contributed by atoms with van der Waals surface area (Å²) in [5.74, 6) is -1.41. The van der Waals surface area contributed by atoms with Crippen LogP contribution in [0.3, 0.4) is 0 Å². The van der Waals surface area contributed by atoms with Gasteiger partial charge in [-0.2, -0.15) is 0 Å². The summed E-state index contributed by atoms with van der Waals surface area (Å²) in [5, 5.41) is 2.82. The first-order chi connectivity index (χ1) is 15.1. The first-order valence-corrected chi connectivity index (χ1v) is 10.6. The van der Waals surface area contributed by atoms with Gasteiger partial charge in [0.05, 0.1) is 25.0 Å². The molecule has 1 fully saturated rings. The van der Waals surface area contributed by atoms with Crippen LogP contribution in [-0.4, -0.2) is 29.2 Å². The molecule has 3 amide bonds. The molecular weight excluding hydrogens is 392 g/mol. The van der Waals surface area contributed by atoms with E-state index in [1.165, 1.54) is 0 Å². The number of amides is 3. The van der Waals surface area contributed by atoms with Crippen LogP contribution in [0.1, 0.15) is 29.5 Å². The molecular formula is C25H26N2O4. The zero-order valence-corrected chi connectivity index (χ0v) is 17.3. The van der Waals surface area contributed by atoms with Crippen LogP contribution in [-0.2, 0) is 38.9 Å². The predicted molar refractivity (Wildman–Crippen MR) is 115 cm³/mol. The third-order valence-electron chi connectivity index (χ3n) is 5.76. The number of rotatable bonds is 8. The highest BCUT2D eigenvalue weighted by Crippen LogP contribution is 2.34. The molecule has 0 spiro atoms. The van der Waals surface area contributed by atoms with Gasteiger partial charge < -0.3 is 10.1 Å². The maximum atomic E-state index is 12.5. The Bertz CT molecular complexity index is 960. The number of carbonyl (C=O) groups excluding carboxylic acids is 3. The highest BCUT2D eigenvalue weighted by molar-refractivity contribution is 6.07. The maximum Gasteiger partial charge on any atom is 0.240 e. The van der Waals surface area contributed by atoms with Crippen LogP contribution < -0.4 is 5.32 Å². The summed E-state index contributed by atoms with van der Waals surface area (Å²) in [6.45, 7) is 1.13. The summed E-state index contributed by atoms with van der Waals surface area (Å²) in [5.41, 5.74) is 3.07. The number of fused-ring (bicyclic) bond motifs is 1. The number of ether oxygens (including phenoxy) is 1. The largest absolute Gasteiger partial charge is 0.372 e. The Morgan fingerprint density at radius 1 is 0.871 bits per heavy atom. The van der Waals surface area contributed by atoms with Crippen molar-refractivity contribution in [1.29, 1.82) is 0 Å². The van der Waals surface area contributed by atoms with Gasteiger partial charge in [-0.15, -0.1) is 0 Å². The van der Waals surface area contributed by atoms with Crippen LogP contribution in [0.4, 0.5) is 0 Å². The van der Waals surface area contributed by atoms with E-state index < -0.39 is 0 Å². The third-order valence-corrected chi connectivity index (χ3v) is 5.76. The predicted octanol–water partition coefficient (Wildman–Crippen LogP) is 2.97. The van der Waals surface area contributed by atoms with E-state index in [-0.39, 0.29) is 36.1 Å². The summed E-state index contributed by atoms with van der Waals surface area (Å²) in [4.78, 5) is 38.5. The molecule has 1 N–H and O–H groups in total. The van der Waals surface area contributed by atoms with Crippen molar-refractivity contribution in [2.75, 3.05) is 6.54 Å². The highest BCUT2D eigenvalue weighted by Gasteiger charge is 2.47. The molecule has 0 saturated carbocycles. The van der Waals surface area contributed by atoms with E-state index in [0.717, 1.165) is 21.6 Å². The number of hydrogen-bond donors (Lipinski definition) is 1. The quantitative estimate of drug-likeness (QED) is 0.528. The van der Waals surface area contributed by atoms with Crippen LogP contribution in [0.15, 0.2) is 66.7 Å². The first-order valence-electron chi connectivity index (χ1n) is 10.6. The van der Waals surface area contributed by atoms with Crippen LogP contribution in [0.2, 0.25) is 0 Å². The van der Waals surface area contributed by atoms with Crippen LogP contribution in [0, 0.1) is 11.8 Å². The van der Waals surface area contributed by atoms with Gasteiger partial charge in [0.1, 0.15) is 6.54 Å². The summed E-state index contributed by atoms with van der Waals surface area (Å²) in [6.07, 6.45) is 5.03. The smallest absolute Gasteiger partial charge is 0.240 e. The van der Waals surface area contributed by atoms with Crippen molar-refractivity contribution in [2.24, 2.45) is 11.8 Å². The fraction of sp³-hybridized carbons (Fsp3) is 0.320. The van der Waals surface area contributed by atoms with E-state index in [4.69, 9.17) is 4.74 Å². The van der Waals surface area contributed by atoms with Gasteiger partial charge in [-0.1, -0.05) is 66.7 Å². The molecule has 0 bridgehead atoms. The lowest BCUT2D eigenvalue weighted by Gasteiger charge is -2.14. The van der Waals surface area contributed by atoms with Crippen molar-refractivity contribution >= 4 is 17.7 Å². The van der Waals surface area contributed by atoms with Gasteiger partial charge in [-0.25, -0.2) is 0 Å². The summed E-state index contributed by atoms with van der Waals surface area (Å²) in [6, 6.07) is 17.8. The van der Waals surface area contributed by atoms with E-state index in [1.807, 2.05) is 66.7 Å². The minimum Gasteiger partial charge on any atom is -0.372 e. The Kier molecular flexibility index (Phi) is 6.57. The molecule has 6 heteroatoms. The fourth-order valence-electron chi connectivity index (χ4n) is 4.12. The molecule has 1 aliphatic heterocycles. The second kappa shape index (κ2) is 9.71. The minimum atomic E-state index is -0.334. The van der Waals surface area contributed by atoms with Gasteiger partial charge in [-0.05, 0) is 29.5 Å². The molecule has 160 valence electrons. The molecule has 1 saturated heterocycles. The number of carbonyl (C=O) groups is 3. The molecule has 1 heterocycles. The second-order valence-corrected chi connectivity index (χ2v) is 7.99. The van der Waals surface area contributed by atoms with E-state index in [9.17, 15) is 14.4 Å². The summed E-state index contributed by atoms with van der Waals surface area (Å²) >= 11 is 0. The maximum absolute atomic E-state index is 12.5. The molecule has 0 unspecified atom stereocenters. The zero-order chi connectivity index (χ0) is 21.6. The number of likely N-dealkylation sites (tertiary alicyclic amines) is 1. The first kappa shape index (κ1) is 21.0. The molecule has 6 nitrogen and oxygen atoms in total. The van der Waals surface area contributed by atoms with Gasteiger partial charge in [0.2, 0.25) is 17.7 Å². The van der Waals surface area contributed by atoms with Crippen LogP contribution in [0.25, 0.3) is 0 Å². The molecule has 2 aromatic carbocycles. The number of benzene rings is 2. The Morgan fingerprint density at radius 3 is 2.19 bits per heavy atom. The third kappa shape index (κ3) is 5.09. The van der Waals surface area contributed by atoms with Gasteiger partial charge in [0.25, 0.3) is 0 Å². The molecule has 2 aliphatic rings. The van der Waals surface area contributed by atoms with Crippen molar-refractivity contribution in [3.63, 3.8) is 0 Å². The Labute approximate surface area is 181 Å². The van der Waals surface area contributed by atoms with Crippen molar-refractivity contribution in [2.45, 2.75) is 32.6 Å². The van der Waals surface area contributed by atoms with E-state index in [1.54, 1.807) is 0 Å². The standard InChI is InChI=1S/C25H26N2O4/c28-23(15-27-24(29)21-11-4-5-12-22(21)25(27)30)26-14-19-9-6-10-20(13-19)17-31-16-18-7-2-1-3-8-18/h1-10,13,21-22H,11-12,14-17H2,(H,26,28)/t21-,22+.